The maximum absolute atomic E-state index is 3.56. The van der Waals surface area contributed by atoms with Crippen LogP contribution in [0.15, 0.2) is 0 Å². The van der Waals surface area contributed by atoms with Gasteiger partial charge in [0.2, 0.25) is 0 Å². The smallest absolute Gasteiger partial charge is 0.00965 e. The minimum Gasteiger partial charge on any atom is -0.312 e. The molecular formula is C14H30N2. The van der Waals surface area contributed by atoms with E-state index < -0.39 is 0 Å². The molecule has 0 radical (unpaired) electrons. The molecule has 0 aromatic heterocycles. The van der Waals surface area contributed by atoms with Gasteiger partial charge < -0.3 is 10.2 Å². The Labute approximate surface area is 102 Å². The van der Waals surface area contributed by atoms with Crippen molar-refractivity contribution in [3.05, 3.63) is 0 Å². The van der Waals surface area contributed by atoms with Gasteiger partial charge in [-0.1, -0.05) is 6.92 Å². The van der Waals surface area contributed by atoms with Gasteiger partial charge in [0, 0.05) is 11.6 Å². The number of nitrogens with zero attached hydrogens (tertiary/aromatic N) is 1. The molecule has 1 fully saturated rings. The Morgan fingerprint density at radius 2 is 1.94 bits per heavy atom. The van der Waals surface area contributed by atoms with Crippen molar-refractivity contribution in [1.82, 2.24) is 10.2 Å². The first-order chi connectivity index (χ1) is 7.40. The van der Waals surface area contributed by atoms with Crippen LogP contribution in [0.1, 0.15) is 53.9 Å². The third-order valence-electron chi connectivity index (χ3n) is 3.78. The average molecular weight is 226 g/mol. The second-order valence-electron chi connectivity index (χ2n) is 6.43. The standard InChI is InChI=1S/C14H30N2/c1-12-8-6-10-16(13(12)2)11-7-9-15-14(3,4)5/h12-13,15H,6-11H2,1-5H3. The lowest BCUT2D eigenvalue weighted by atomic mass is 9.92. The minimum absolute atomic E-state index is 0.265. The molecule has 0 aromatic rings. The summed E-state index contributed by atoms with van der Waals surface area (Å²) in [5.41, 5.74) is 0.265. The van der Waals surface area contributed by atoms with Crippen LogP contribution in [0.3, 0.4) is 0 Å². The van der Waals surface area contributed by atoms with E-state index in [0.717, 1.165) is 18.5 Å². The summed E-state index contributed by atoms with van der Waals surface area (Å²) in [6, 6.07) is 0.781. The van der Waals surface area contributed by atoms with E-state index in [4.69, 9.17) is 0 Å². The highest BCUT2D eigenvalue weighted by Crippen LogP contribution is 2.22. The molecule has 0 bridgehead atoms. The molecule has 96 valence electrons. The third-order valence-corrected chi connectivity index (χ3v) is 3.78. The van der Waals surface area contributed by atoms with Gasteiger partial charge in [0.25, 0.3) is 0 Å². The highest BCUT2D eigenvalue weighted by molar-refractivity contribution is 4.79. The van der Waals surface area contributed by atoms with Crippen molar-refractivity contribution in [1.29, 1.82) is 0 Å². The SMILES string of the molecule is CC1CCCN(CCCNC(C)(C)C)C1C. The van der Waals surface area contributed by atoms with Crippen LogP contribution >= 0.6 is 0 Å². The van der Waals surface area contributed by atoms with Crippen molar-refractivity contribution < 1.29 is 0 Å². The molecule has 1 saturated heterocycles. The molecule has 2 nitrogen and oxygen atoms in total. The van der Waals surface area contributed by atoms with E-state index in [1.54, 1.807) is 0 Å². The van der Waals surface area contributed by atoms with E-state index in [1.165, 1.54) is 32.4 Å². The fourth-order valence-electron chi connectivity index (χ4n) is 2.48. The predicted molar refractivity (Wildman–Crippen MR) is 71.8 cm³/mol. The van der Waals surface area contributed by atoms with Gasteiger partial charge in [0.1, 0.15) is 0 Å². The van der Waals surface area contributed by atoms with E-state index in [0.29, 0.717) is 0 Å². The van der Waals surface area contributed by atoms with E-state index >= 15 is 0 Å². The van der Waals surface area contributed by atoms with Crippen LogP contribution in [0.4, 0.5) is 0 Å². The van der Waals surface area contributed by atoms with Crippen molar-refractivity contribution in [3.8, 4) is 0 Å². The summed E-state index contributed by atoms with van der Waals surface area (Å²) in [7, 11) is 0. The summed E-state index contributed by atoms with van der Waals surface area (Å²) in [6.07, 6.45) is 4.07. The van der Waals surface area contributed by atoms with Gasteiger partial charge in [-0.15, -0.1) is 0 Å². The number of piperidine rings is 1. The molecule has 1 rings (SSSR count). The molecule has 0 aromatic carbocycles. The third kappa shape index (κ3) is 4.84. The molecule has 1 heterocycles. The summed E-state index contributed by atoms with van der Waals surface area (Å²) in [6.45, 7) is 15.2. The Bertz CT molecular complexity index is 195. The van der Waals surface area contributed by atoms with E-state index in [-0.39, 0.29) is 5.54 Å². The van der Waals surface area contributed by atoms with Gasteiger partial charge in [-0.05, 0) is 72.5 Å². The summed E-state index contributed by atoms with van der Waals surface area (Å²) in [4.78, 5) is 2.67. The first kappa shape index (κ1) is 14.0. The van der Waals surface area contributed by atoms with Crippen LogP contribution in [-0.2, 0) is 0 Å². The van der Waals surface area contributed by atoms with Gasteiger partial charge in [0.15, 0.2) is 0 Å². The first-order valence-electron chi connectivity index (χ1n) is 6.89. The fraction of sp³-hybridized carbons (Fsp3) is 1.00. The van der Waals surface area contributed by atoms with Gasteiger partial charge in [0.05, 0.1) is 0 Å². The molecule has 0 spiro atoms. The summed E-state index contributed by atoms with van der Waals surface area (Å²) >= 11 is 0. The monoisotopic (exact) mass is 226 g/mol. The lowest BCUT2D eigenvalue weighted by molar-refractivity contribution is 0.112. The Hall–Kier alpha value is -0.0800. The molecule has 0 aliphatic carbocycles. The van der Waals surface area contributed by atoms with Crippen LogP contribution in [0.25, 0.3) is 0 Å². The number of hydrogen-bond acceptors (Lipinski definition) is 2. The predicted octanol–water partition coefficient (Wildman–Crippen LogP) is 2.89. The Morgan fingerprint density at radius 3 is 2.56 bits per heavy atom. The maximum atomic E-state index is 3.56. The highest BCUT2D eigenvalue weighted by Gasteiger charge is 2.23. The van der Waals surface area contributed by atoms with Crippen molar-refractivity contribution >= 4 is 0 Å². The quantitative estimate of drug-likeness (QED) is 0.742. The largest absolute Gasteiger partial charge is 0.312 e. The zero-order valence-electron chi connectivity index (χ0n) is 11.8. The van der Waals surface area contributed by atoms with Gasteiger partial charge in [-0.3, -0.25) is 0 Å². The molecular weight excluding hydrogens is 196 g/mol. The second kappa shape index (κ2) is 6.02. The van der Waals surface area contributed by atoms with Crippen LogP contribution < -0.4 is 5.32 Å². The van der Waals surface area contributed by atoms with Crippen LogP contribution in [-0.4, -0.2) is 36.1 Å². The van der Waals surface area contributed by atoms with Crippen LogP contribution in [0.2, 0.25) is 0 Å². The maximum Gasteiger partial charge on any atom is 0.00965 e. The number of rotatable bonds is 4. The lowest BCUT2D eigenvalue weighted by Crippen LogP contribution is -2.44. The van der Waals surface area contributed by atoms with Gasteiger partial charge >= 0.3 is 0 Å². The zero-order chi connectivity index (χ0) is 12.2. The lowest BCUT2D eigenvalue weighted by Gasteiger charge is -2.38. The summed E-state index contributed by atoms with van der Waals surface area (Å²) in [5.74, 6) is 0.879. The summed E-state index contributed by atoms with van der Waals surface area (Å²) in [5, 5.41) is 3.56. The molecule has 2 atom stereocenters. The van der Waals surface area contributed by atoms with Crippen molar-refractivity contribution in [2.24, 2.45) is 5.92 Å². The first-order valence-corrected chi connectivity index (χ1v) is 6.89. The van der Waals surface area contributed by atoms with Crippen LogP contribution in [0, 0.1) is 5.92 Å². The van der Waals surface area contributed by atoms with Crippen LogP contribution in [0.5, 0.6) is 0 Å². The molecule has 2 heteroatoms. The molecule has 0 saturated carbocycles. The van der Waals surface area contributed by atoms with Crippen molar-refractivity contribution in [2.75, 3.05) is 19.6 Å². The van der Waals surface area contributed by atoms with E-state index in [2.05, 4.69) is 44.8 Å². The Morgan fingerprint density at radius 1 is 1.25 bits per heavy atom. The van der Waals surface area contributed by atoms with E-state index in [1.807, 2.05) is 0 Å². The van der Waals surface area contributed by atoms with Crippen molar-refractivity contribution in [3.63, 3.8) is 0 Å². The Kier molecular flexibility index (Phi) is 5.26. The van der Waals surface area contributed by atoms with Crippen molar-refractivity contribution in [2.45, 2.75) is 65.5 Å². The molecule has 1 N–H and O–H groups in total. The van der Waals surface area contributed by atoms with Gasteiger partial charge in [-0.25, -0.2) is 0 Å². The molecule has 2 unspecified atom stereocenters. The molecule has 1 aliphatic rings. The number of hydrogen-bond donors (Lipinski definition) is 1. The average Bonchev–Trinajstić information content (AvgIpc) is 2.17. The highest BCUT2D eigenvalue weighted by atomic mass is 15.2. The topological polar surface area (TPSA) is 15.3 Å². The van der Waals surface area contributed by atoms with E-state index in [9.17, 15) is 0 Å². The summed E-state index contributed by atoms with van der Waals surface area (Å²) < 4.78 is 0. The second-order valence-corrected chi connectivity index (χ2v) is 6.43. The number of nitrogens with one attached hydrogen (secondary N) is 1. The molecule has 0 amide bonds. The molecule has 1 aliphatic heterocycles. The number of likely N-dealkylation sites (tertiary alicyclic amines) is 1. The van der Waals surface area contributed by atoms with Gasteiger partial charge in [-0.2, -0.15) is 0 Å². The zero-order valence-corrected chi connectivity index (χ0v) is 11.8. The minimum atomic E-state index is 0.265. The molecule has 16 heavy (non-hydrogen) atoms. The fourth-order valence-corrected chi connectivity index (χ4v) is 2.48. The normalized spacial score (nSPS) is 28.3. The Balaban J connectivity index is 2.17.